The second kappa shape index (κ2) is 4.11. The second-order valence-corrected chi connectivity index (χ2v) is 5.06. The topological polar surface area (TPSA) is 46.4 Å². The maximum Gasteiger partial charge on any atom is 0.269 e. The van der Waals surface area contributed by atoms with E-state index in [1.54, 1.807) is 18.2 Å². The lowest BCUT2D eigenvalue weighted by atomic mass is 10.0. The first kappa shape index (κ1) is 10.7. The molecule has 0 radical (unpaired) electrons. The van der Waals surface area contributed by atoms with Gasteiger partial charge in [-0.05, 0) is 31.2 Å². The molecule has 0 unspecified atom stereocenters. The van der Waals surface area contributed by atoms with Gasteiger partial charge in [0.05, 0.1) is 4.92 Å². The summed E-state index contributed by atoms with van der Waals surface area (Å²) >= 11 is 0. The van der Waals surface area contributed by atoms with Gasteiger partial charge >= 0.3 is 0 Å². The SMILES string of the molecule is O=[N+]([O-])c1cccc(CN2C3CCC2CC3)c1. The highest BCUT2D eigenvalue weighted by atomic mass is 16.6. The first-order valence-electron chi connectivity index (χ1n) is 6.23. The Labute approximate surface area is 100 Å². The van der Waals surface area contributed by atoms with E-state index in [0.717, 1.165) is 24.2 Å². The summed E-state index contributed by atoms with van der Waals surface area (Å²) in [4.78, 5) is 12.9. The molecule has 0 atom stereocenters. The lowest BCUT2D eigenvalue weighted by Gasteiger charge is -2.21. The van der Waals surface area contributed by atoms with Crippen molar-refractivity contribution in [3.8, 4) is 0 Å². The van der Waals surface area contributed by atoms with E-state index < -0.39 is 0 Å². The van der Waals surface area contributed by atoms with Crippen LogP contribution < -0.4 is 0 Å². The van der Waals surface area contributed by atoms with Gasteiger partial charge in [-0.1, -0.05) is 12.1 Å². The molecule has 17 heavy (non-hydrogen) atoms. The van der Waals surface area contributed by atoms with E-state index in [0.29, 0.717) is 0 Å². The molecule has 0 aliphatic carbocycles. The van der Waals surface area contributed by atoms with Crippen molar-refractivity contribution in [1.29, 1.82) is 0 Å². The monoisotopic (exact) mass is 232 g/mol. The van der Waals surface area contributed by atoms with Gasteiger partial charge in [-0.25, -0.2) is 0 Å². The van der Waals surface area contributed by atoms with Gasteiger partial charge in [0.2, 0.25) is 0 Å². The number of nitro benzene ring substituents is 1. The van der Waals surface area contributed by atoms with Crippen molar-refractivity contribution < 1.29 is 4.92 Å². The minimum atomic E-state index is -0.317. The molecule has 2 bridgehead atoms. The minimum Gasteiger partial charge on any atom is -0.293 e. The Bertz CT molecular complexity index is 427. The summed E-state index contributed by atoms with van der Waals surface area (Å²) in [6.07, 6.45) is 5.22. The summed E-state index contributed by atoms with van der Waals surface area (Å²) in [5.41, 5.74) is 1.27. The molecule has 2 heterocycles. The van der Waals surface area contributed by atoms with E-state index in [4.69, 9.17) is 0 Å². The van der Waals surface area contributed by atoms with Crippen LogP contribution in [0, 0.1) is 10.1 Å². The fourth-order valence-electron chi connectivity index (χ4n) is 3.26. The summed E-state index contributed by atoms with van der Waals surface area (Å²) < 4.78 is 0. The van der Waals surface area contributed by atoms with Gasteiger partial charge in [0.1, 0.15) is 0 Å². The van der Waals surface area contributed by atoms with Gasteiger partial charge < -0.3 is 0 Å². The highest BCUT2D eigenvalue weighted by Crippen LogP contribution is 2.38. The molecule has 4 heteroatoms. The maximum absolute atomic E-state index is 10.7. The zero-order valence-electron chi connectivity index (χ0n) is 9.71. The van der Waals surface area contributed by atoms with Gasteiger partial charge in [0, 0.05) is 30.8 Å². The van der Waals surface area contributed by atoms with E-state index in [1.807, 2.05) is 6.07 Å². The van der Waals surface area contributed by atoms with E-state index >= 15 is 0 Å². The van der Waals surface area contributed by atoms with Gasteiger partial charge in [0.15, 0.2) is 0 Å². The molecule has 0 spiro atoms. The van der Waals surface area contributed by atoms with Crippen LogP contribution >= 0.6 is 0 Å². The summed E-state index contributed by atoms with van der Waals surface area (Å²) in [5.74, 6) is 0. The van der Waals surface area contributed by atoms with Crippen molar-refractivity contribution in [2.24, 2.45) is 0 Å². The molecule has 2 aliphatic rings. The molecule has 0 aromatic heterocycles. The number of fused-ring (bicyclic) bond motifs is 2. The third kappa shape index (κ3) is 1.93. The lowest BCUT2D eigenvalue weighted by Crippen LogP contribution is -2.27. The van der Waals surface area contributed by atoms with Gasteiger partial charge in [-0.3, -0.25) is 15.0 Å². The second-order valence-electron chi connectivity index (χ2n) is 5.06. The van der Waals surface area contributed by atoms with Crippen molar-refractivity contribution in [3.63, 3.8) is 0 Å². The number of hydrogen-bond acceptors (Lipinski definition) is 3. The molecule has 1 aromatic rings. The molecule has 4 nitrogen and oxygen atoms in total. The molecule has 0 saturated carbocycles. The van der Waals surface area contributed by atoms with Crippen LogP contribution in [0.4, 0.5) is 5.69 Å². The average Bonchev–Trinajstić information content (AvgIpc) is 2.89. The van der Waals surface area contributed by atoms with Crippen LogP contribution in [0.15, 0.2) is 24.3 Å². The summed E-state index contributed by atoms with van der Waals surface area (Å²) in [7, 11) is 0. The first-order chi connectivity index (χ1) is 8.24. The van der Waals surface area contributed by atoms with Crippen LogP contribution in [-0.4, -0.2) is 21.9 Å². The van der Waals surface area contributed by atoms with E-state index in [1.165, 1.54) is 25.7 Å². The molecule has 90 valence electrons. The number of hydrogen-bond donors (Lipinski definition) is 0. The average molecular weight is 232 g/mol. The number of benzene rings is 1. The highest BCUT2D eigenvalue weighted by Gasteiger charge is 2.38. The fourth-order valence-corrected chi connectivity index (χ4v) is 3.26. The molecule has 0 amide bonds. The Hall–Kier alpha value is -1.42. The smallest absolute Gasteiger partial charge is 0.269 e. The predicted octanol–water partition coefficient (Wildman–Crippen LogP) is 2.72. The number of nitro groups is 1. The van der Waals surface area contributed by atoms with Crippen LogP contribution in [0.3, 0.4) is 0 Å². The van der Waals surface area contributed by atoms with Crippen LogP contribution in [-0.2, 0) is 6.54 Å². The van der Waals surface area contributed by atoms with Gasteiger partial charge in [-0.2, -0.15) is 0 Å². The fraction of sp³-hybridized carbons (Fsp3) is 0.538. The lowest BCUT2D eigenvalue weighted by molar-refractivity contribution is -0.384. The third-order valence-electron chi connectivity index (χ3n) is 4.09. The standard InChI is InChI=1S/C13H16N2O2/c16-15(17)13-3-1-2-10(8-13)9-14-11-4-5-12(14)7-6-11/h1-3,8,11-12H,4-7,9H2. The molecular formula is C13H16N2O2. The molecule has 3 rings (SSSR count). The van der Waals surface area contributed by atoms with Crippen molar-refractivity contribution >= 4 is 5.69 Å². The van der Waals surface area contributed by atoms with Crippen molar-refractivity contribution in [2.45, 2.75) is 44.3 Å². The molecule has 2 fully saturated rings. The summed E-state index contributed by atoms with van der Waals surface area (Å²) in [6, 6.07) is 8.48. The zero-order valence-corrected chi connectivity index (χ0v) is 9.71. The van der Waals surface area contributed by atoms with E-state index in [9.17, 15) is 10.1 Å². The van der Waals surface area contributed by atoms with Crippen molar-refractivity contribution in [1.82, 2.24) is 4.90 Å². The van der Waals surface area contributed by atoms with Crippen LogP contribution in [0.25, 0.3) is 0 Å². The molecular weight excluding hydrogens is 216 g/mol. The summed E-state index contributed by atoms with van der Waals surface area (Å²) in [6.45, 7) is 0.872. The quantitative estimate of drug-likeness (QED) is 0.594. The summed E-state index contributed by atoms with van der Waals surface area (Å²) in [5, 5.41) is 10.7. The van der Waals surface area contributed by atoms with Crippen molar-refractivity contribution in [2.75, 3.05) is 0 Å². The maximum atomic E-state index is 10.7. The van der Waals surface area contributed by atoms with Crippen LogP contribution in [0.5, 0.6) is 0 Å². The Balaban J connectivity index is 1.77. The molecule has 1 aromatic carbocycles. The third-order valence-corrected chi connectivity index (χ3v) is 4.09. The molecule has 0 N–H and O–H groups in total. The zero-order chi connectivity index (χ0) is 11.8. The van der Waals surface area contributed by atoms with E-state index in [2.05, 4.69) is 4.90 Å². The normalized spacial score (nSPS) is 27.5. The Morgan fingerprint density at radius 2 is 1.88 bits per heavy atom. The highest BCUT2D eigenvalue weighted by molar-refractivity contribution is 5.34. The van der Waals surface area contributed by atoms with Gasteiger partial charge in [-0.15, -0.1) is 0 Å². The van der Waals surface area contributed by atoms with Gasteiger partial charge in [0.25, 0.3) is 5.69 Å². The van der Waals surface area contributed by atoms with Crippen LogP contribution in [0.1, 0.15) is 31.2 Å². The largest absolute Gasteiger partial charge is 0.293 e. The molecule has 2 saturated heterocycles. The predicted molar refractivity (Wildman–Crippen MR) is 64.7 cm³/mol. The van der Waals surface area contributed by atoms with Crippen LogP contribution in [0.2, 0.25) is 0 Å². The minimum absolute atomic E-state index is 0.203. The number of nitrogens with zero attached hydrogens (tertiary/aromatic N) is 2. The first-order valence-corrected chi connectivity index (χ1v) is 6.23. The number of rotatable bonds is 3. The van der Waals surface area contributed by atoms with Crippen molar-refractivity contribution in [3.05, 3.63) is 39.9 Å². The molecule has 2 aliphatic heterocycles. The van der Waals surface area contributed by atoms with E-state index in [-0.39, 0.29) is 10.6 Å². The Kier molecular flexibility index (Phi) is 2.59. The Morgan fingerprint density at radius 1 is 1.24 bits per heavy atom. The Morgan fingerprint density at radius 3 is 2.47 bits per heavy atom. The number of non-ortho nitro benzene ring substituents is 1.